The van der Waals surface area contributed by atoms with Crippen LogP contribution in [0.2, 0.25) is 0 Å². The minimum absolute atomic E-state index is 0.231. The minimum Gasteiger partial charge on any atom is -0.450 e. The third-order valence-electron chi connectivity index (χ3n) is 4.48. The standard InChI is InChI=1S/C23H23N3O5/c1-3-18(22(28)24-19-14-15(2)31-26-19)30-23(29)20(16-10-6-4-7-11-16)25-21(27)17-12-8-5-9-13-17/h4-14,18,20H,3H2,1-2H3,(H,25,27)(H,24,26,28)/t18-,20+/m0/s1. The van der Waals surface area contributed by atoms with Gasteiger partial charge >= 0.3 is 5.97 Å². The molecule has 0 aliphatic rings. The summed E-state index contributed by atoms with van der Waals surface area (Å²) < 4.78 is 10.4. The molecule has 2 aromatic carbocycles. The number of hydrogen-bond acceptors (Lipinski definition) is 6. The summed E-state index contributed by atoms with van der Waals surface area (Å²) in [5.74, 6) is -0.941. The topological polar surface area (TPSA) is 111 Å². The fourth-order valence-electron chi connectivity index (χ4n) is 2.89. The van der Waals surface area contributed by atoms with Gasteiger partial charge in [0.15, 0.2) is 18.0 Å². The van der Waals surface area contributed by atoms with Gasteiger partial charge in [-0.3, -0.25) is 9.59 Å². The number of rotatable bonds is 8. The van der Waals surface area contributed by atoms with Crippen LogP contribution in [0.25, 0.3) is 0 Å². The van der Waals surface area contributed by atoms with E-state index in [1.54, 1.807) is 80.6 Å². The second kappa shape index (κ2) is 10.2. The summed E-state index contributed by atoms with van der Waals surface area (Å²) in [7, 11) is 0. The van der Waals surface area contributed by atoms with E-state index in [0.717, 1.165) is 0 Å². The highest BCUT2D eigenvalue weighted by Crippen LogP contribution is 2.18. The maximum absolute atomic E-state index is 13.0. The summed E-state index contributed by atoms with van der Waals surface area (Å²) >= 11 is 0. The van der Waals surface area contributed by atoms with E-state index >= 15 is 0 Å². The summed E-state index contributed by atoms with van der Waals surface area (Å²) in [5.41, 5.74) is 0.946. The van der Waals surface area contributed by atoms with Crippen LogP contribution in [0.4, 0.5) is 5.82 Å². The molecule has 160 valence electrons. The monoisotopic (exact) mass is 421 g/mol. The van der Waals surface area contributed by atoms with Crippen molar-refractivity contribution in [1.29, 1.82) is 0 Å². The molecule has 0 aliphatic heterocycles. The Morgan fingerprint density at radius 3 is 2.26 bits per heavy atom. The second-order valence-electron chi connectivity index (χ2n) is 6.83. The predicted molar refractivity (Wildman–Crippen MR) is 113 cm³/mol. The molecule has 0 spiro atoms. The molecular weight excluding hydrogens is 398 g/mol. The van der Waals surface area contributed by atoms with Crippen LogP contribution in [-0.4, -0.2) is 29.0 Å². The maximum Gasteiger partial charge on any atom is 0.334 e. The van der Waals surface area contributed by atoms with Crippen molar-refractivity contribution in [3.05, 3.63) is 83.6 Å². The van der Waals surface area contributed by atoms with Crippen molar-refractivity contribution in [2.75, 3.05) is 5.32 Å². The summed E-state index contributed by atoms with van der Waals surface area (Å²) in [6, 6.07) is 17.7. The van der Waals surface area contributed by atoms with Crippen LogP contribution in [0.5, 0.6) is 0 Å². The van der Waals surface area contributed by atoms with Crippen LogP contribution in [0.15, 0.2) is 71.3 Å². The van der Waals surface area contributed by atoms with E-state index in [0.29, 0.717) is 16.9 Å². The molecule has 3 rings (SSSR count). The quantitative estimate of drug-likeness (QED) is 0.539. The highest BCUT2D eigenvalue weighted by atomic mass is 16.5. The van der Waals surface area contributed by atoms with Gasteiger partial charge in [-0.15, -0.1) is 0 Å². The smallest absolute Gasteiger partial charge is 0.334 e. The van der Waals surface area contributed by atoms with Crippen molar-refractivity contribution in [3.63, 3.8) is 0 Å². The number of hydrogen-bond donors (Lipinski definition) is 2. The van der Waals surface area contributed by atoms with E-state index < -0.39 is 29.9 Å². The Labute approximate surface area is 179 Å². The number of carbonyl (C=O) groups excluding carboxylic acids is 3. The molecule has 2 atom stereocenters. The number of aromatic nitrogens is 1. The molecule has 2 N–H and O–H groups in total. The molecule has 0 radical (unpaired) electrons. The van der Waals surface area contributed by atoms with Gasteiger partial charge in [-0.05, 0) is 31.0 Å². The van der Waals surface area contributed by atoms with Crippen molar-refractivity contribution >= 4 is 23.6 Å². The molecule has 0 unspecified atom stereocenters. The lowest BCUT2D eigenvalue weighted by atomic mass is 10.1. The summed E-state index contributed by atoms with van der Waals surface area (Å²) in [5, 5.41) is 8.96. The molecular formula is C23H23N3O5. The number of nitrogens with one attached hydrogen (secondary N) is 2. The fourth-order valence-corrected chi connectivity index (χ4v) is 2.89. The molecule has 31 heavy (non-hydrogen) atoms. The van der Waals surface area contributed by atoms with E-state index in [9.17, 15) is 14.4 Å². The van der Waals surface area contributed by atoms with Crippen LogP contribution in [0, 0.1) is 6.92 Å². The first-order valence-electron chi connectivity index (χ1n) is 9.83. The zero-order valence-electron chi connectivity index (χ0n) is 17.2. The molecule has 1 aromatic heterocycles. The molecule has 8 heteroatoms. The van der Waals surface area contributed by atoms with Gasteiger partial charge < -0.3 is 19.9 Å². The second-order valence-corrected chi connectivity index (χ2v) is 6.83. The van der Waals surface area contributed by atoms with E-state index in [2.05, 4.69) is 15.8 Å². The van der Waals surface area contributed by atoms with Crippen LogP contribution >= 0.6 is 0 Å². The van der Waals surface area contributed by atoms with Gasteiger partial charge in [0.1, 0.15) is 5.76 Å². The first kappa shape index (κ1) is 21.8. The zero-order valence-corrected chi connectivity index (χ0v) is 17.2. The number of carbonyl (C=O) groups is 3. The lowest BCUT2D eigenvalue weighted by Crippen LogP contribution is -2.39. The Morgan fingerprint density at radius 1 is 1.03 bits per heavy atom. The molecule has 0 bridgehead atoms. The minimum atomic E-state index is -1.08. The normalized spacial score (nSPS) is 12.5. The molecule has 1 heterocycles. The number of esters is 1. The van der Waals surface area contributed by atoms with E-state index in [-0.39, 0.29) is 12.2 Å². The van der Waals surface area contributed by atoms with Gasteiger partial charge in [0.05, 0.1) is 0 Å². The van der Waals surface area contributed by atoms with Gasteiger partial charge in [0.2, 0.25) is 0 Å². The van der Waals surface area contributed by atoms with E-state index in [1.165, 1.54) is 0 Å². The average Bonchev–Trinajstić information content (AvgIpc) is 3.20. The first-order valence-corrected chi connectivity index (χ1v) is 9.83. The summed E-state index contributed by atoms with van der Waals surface area (Å²) in [4.78, 5) is 38.2. The van der Waals surface area contributed by atoms with Gasteiger partial charge in [0.25, 0.3) is 11.8 Å². The predicted octanol–water partition coefficient (Wildman–Crippen LogP) is 3.41. The van der Waals surface area contributed by atoms with E-state index in [1.807, 2.05) is 0 Å². The number of aryl methyl sites for hydroxylation is 1. The first-order chi connectivity index (χ1) is 15.0. The van der Waals surface area contributed by atoms with Crippen molar-refractivity contribution in [3.8, 4) is 0 Å². The Morgan fingerprint density at radius 2 is 1.68 bits per heavy atom. The number of benzene rings is 2. The molecule has 8 nitrogen and oxygen atoms in total. The van der Waals surface area contributed by atoms with Crippen molar-refractivity contribution < 1.29 is 23.6 Å². The number of amides is 2. The third-order valence-corrected chi connectivity index (χ3v) is 4.48. The molecule has 0 aliphatic carbocycles. The lowest BCUT2D eigenvalue weighted by Gasteiger charge is -2.21. The highest BCUT2D eigenvalue weighted by Gasteiger charge is 2.29. The van der Waals surface area contributed by atoms with Crippen LogP contribution in [0.3, 0.4) is 0 Å². The highest BCUT2D eigenvalue weighted by molar-refractivity contribution is 5.98. The Balaban J connectivity index is 1.75. The Kier molecular flexibility index (Phi) is 7.16. The van der Waals surface area contributed by atoms with Crippen molar-refractivity contribution in [2.45, 2.75) is 32.4 Å². The van der Waals surface area contributed by atoms with Crippen LogP contribution in [-0.2, 0) is 14.3 Å². The number of ether oxygens (including phenoxy) is 1. The van der Waals surface area contributed by atoms with Gasteiger partial charge in [-0.1, -0.05) is 60.6 Å². The number of nitrogens with zero attached hydrogens (tertiary/aromatic N) is 1. The average molecular weight is 421 g/mol. The van der Waals surface area contributed by atoms with Gasteiger partial charge in [-0.25, -0.2) is 4.79 Å². The summed E-state index contributed by atoms with van der Waals surface area (Å²) in [6.45, 7) is 3.41. The van der Waals surface area contributed by atoms with Crippen molar-refractivity contribution in [2.24, 2.45) is 0 Å². The Bertz CT molecular complexity index is 1030. The Hall–Kier alpha value is -3.94. The fraction of sp³-hybridized carbons (Fsp3) is 0.217. The molecule has 2 amide bonds. The third kappa shape index (κ3) is 5.79. The molecule has 0 fully saturated rings. The summed E-state index contributed by atoms with van der Waals surface area (Å²) in [6.07, 6.45) is -0.827. The van der Waals surface area contributed by atoms with Gasteiger partial charge in [0, 0.05) is 11.6 Å². The maximum atomic E-state index is 13.0. The largest absolute Gasteiger partial charge is 0.450 e. The molecule has 0 saturated heterocycles. The zero-order chi connectivity index (χ0) is 22.2. The number of anilines is 1. The van der Waals surface area contributed by atoms with E-state index in [4.69, 9.17) is 9.26 Å². The SMILES string of the molecule is CC[C@H](OC(=O)[C@H](NC(=O)c1ccccc1)c1ccccc1)C(=O)Nc1cc(C)on1. The van der Waals surface area contributed by atoms with Crippen LogP contribution < -0.4 is 10.6 Å². The van der Waals surface area contributed by atoms with Gasteiger partial charge in [-0.2, -0.15) is 0 Å². The van der Waals surface area contributed by atoms with Crippen molar-refractivity contribution in [1.82, 2.24) is 10.5 Å². The van der Waals surface area contributed by atoms with Crippen LogP contribution in [0.1, 0.15) is 41.1 Å². The molecule has 0 saturated carbocycles. The molecule has 3 aromatic rings. The lowest BCUT2D eigenvalue weighted by molar-refractivity contribution is -0.156.